The second kappa shape index (κ2) is 5.03. The molecule has 0 amide bonds. The van der Waals surface area contributed by atoms with Gasteiger partial charge >= 0.3 is 0 Å². The molecule has 1 aromatic rings. The summed E-state index contributed by atoms with van der Waals surface area (Å²) in [4.78, 5) is 0. The van der Waals surface area contributed by atoms with E-state index in [4.69, 9.17) is 5.73 Å². The zero-order valence-corrected chi connectivity index (χ0v) is 10.8. The largest absolute Gasteiger partial charge is 0.325 e. The van der Waals surface area contributed by atoms with Crippen LogP contribution in [-0.2, 0) is 0 Å². The minimum atomic E-state index is 0. The first kappa shape index (κ1) is 13.3. The van der Waals surface area contributed by atoms with Gasteiger partial charge in [0.2, 0.25) is 0 Å². The summed E-state index contributed by atoms with van der Waals surface area (Å²) in [5, 5.41) is 0. The SMILES string of the molecule is CCC1(N)CC1C(C)=Cc1ccccc1.Cl. The van der Waals surface area contributed by atoms with Crippen molar-refractivity contribution in [1.82, 2.24) is 0 Å². The van der Waals surface area contributed by atoms with E-state index >= 15 is 0 Å². The zero-order chi connectivity index (χ0) is 10.9. The highest BCUT2D eigenvalue weighted by Crippen LogP contribution is 2.48. The molecule has 2 heteroatoms. The summed E-state index contributed by atoms with van der Waals surface area (Å²) in [6.07, 6.45) is 4.49. The van der Waals surface area contributed by atoms with Crippen molar-refractivity contribution in [2.24, 2.45) is 11.7 Å². The predicted molar refractivity (Wildman–Crippen MR) is 72.7 cm³/mol. The van der Waals surface area contributed by atoms with Gasteiger partial charge in [-0.05, 0) is 31.2 Å². The van der Waals surface area contributed by atoms with E-state index in [9.17, 15) is 0 Å². The average molecular weight is 238 g/mol. The van der Waals surface area contributed by atoms with E-state index in [2.05, 4.69) is 44.2 Å². The molecule has 16 heavy (non-hydrogen) atoms. The van der Waals surface area contributed by atoms with Crippen molar-refractivity contribution in [1.29, 1.82) is 0 Å². The lowest BCUT2D eigenvalue weighted by atomic mass is 10.0. The molecule has 0 heterocycles. The standard InChI is InChI=1S/C14H19N.ClH/c1-3-14(15)10-13(14)11(2)9-12-7-5-4-6-8-12;/h4-9,13H,3,10,15H2,1-2H3;1H. The van der Waals surface area contributed by atoms with E-state index in [0.717, 1.165) is 12.8 Å². The van der Waals surface area contributed by atoms with E-state index in [1.54, 1.807) is 0 Å². The second-order valence-corrected chi connectivity index (χ2v) is 4.64. The summed E-state index contributed by atoms with van der Waals surface area (Å²) >= 11 is 0. The topological polar surface area (TPSA) is 26.0 Å². The maximum Gasteiger partial charge on any atom is 0.0224 e. The zero-order valence-electron chi connectivity index (χ0n) is 9.94. The molecule has 2 unspecified atom stereocenters. The molecule has 0 aliphatic heterocycles. The van der Waals surface area contributed by atoms with Crippen molar-refractivity contribution in [3.8, 4) is 0 Å². The Morgan fingerprint density at radius 2 is 2.06 bits per heavy atom. The van der Waals surface area contributed by atoms with Crippen molar-refractivity contribution >= 4 is 18.5 Å². The summed E-state index contributed by atoms with van der Waals surface area (Å²) in [7, 11) is 0. The molecule has 1 aromatic carbocycles. The maximum atomic E-state index is 6.20. The first-order chi connectivity index (χ1) is 7.15. The number of benzene rings is 1. The highest BCUT2D eigenvalue weighted by molar-refractivity contribution is 5.85. The van der Waals surface area contributed by atoms with Gasteiger partial charge in [-0.1, -0.05) is 48.9 Å². The van der Waals surface area contributed by atoms with Gasteiger partial charge in [0, 0.05) is 5.54 Å². The van der Waals surface area contributed by atoms with E-state index in [-0.39, 0.29) is 17.9 Å². The lowest BCUT2D eigenvalue weighted by molar-refractivity contribution is 0.608. The van der Waals surface area contributed by atoms with E-state index in [1.165, 1.54) is 11.1 Å². The molecule has 1 aliphatic carbocycles. The smallest absolute Gasteiger partial charge is 0.0224 e. The first-order valence-corrected chi connectivity index (χ1v) is 5.68. The number of nitrogens with two attached hydrogens (primary N) is 1. The van der Waals surface area contributed by atoms with Crippen molar-refractivity contribution < 1.29 is 0 Å². The van der Waals surface area contributed by atoms with Crippen LogP contribution < -0.4 is 5.73 Å². The Morgan fingerprint density at radius 1 is 1.44 bits per heavy atom. The van der Waals surface area contributed by atoms with Crippen LogP contribution in [0.25, 0.3) is 6.08 Å². The second-order valence-electron chi connectivity index (χ2n) is 4.64. The lowest BCUT2D eigenvalue weighted by Crippen LogP contribution is -2.23. The molecular weight excluding hydrogens is 218 g/mol. The Hall–Kier alpha value is -0.790. The molecule has 0 bridgehead atoms. The van der Waals surface area contributed by atoms with Gasteiger partial charge < -0.3 is 5.73 Å². The van der Waals surface area contributed by atoms with Crippen LogP contribution in [0, 0.1) is 5.92 Å². The van der Waals surface area contributed by atoms with E-state index < -0.39 is 0 Å². The molecule has 2 rings (SSSR count). The quantitative estimate of drug-likeness (QED) is 0.854. The molecule has 1 saturated carbocycles. The minimum Gasteiger partial charge on any atom is -0.325 e. The minimum absolute atomic E-state index is 0. The number of hydrogen-bond acceptors (Lipinski definition) is 1. The molecule has 2 N–H and O–H groups in total. The summed E-state index contributed by atoms with van der Waals surface area (Å²) in [5.41, 5.74) is 9.00. The molecule has 1 fully saturated rings. The average Bonchev–Trinajstić information content (AvgIpc) is 2.93. The summed E-state index contributed by atoms with van der Waals surface area (Å²) < 4.78 is 0. The summed E-state index contributed by atoms with van der Waals surface area (Å²) in [6.45, 7) is 4.37. The van der Waals surface area contributed by atoms with Crippen molar-refractivity contribution in [2.75, 3.05) is 0 Å². The third-order valence-electron chi connectivity index (χ3n) is 3.52. The Bertz CT molecular complexity index is 372. The van der Waals surface area contributed by atoms with Crippen LogP contribution in [0.5, 0.6) is 0 Å². The normalized spacial score (nSPS) is 28.4. The molecule has 0 aromatic heterocycles. The fourth-order valence-corrected chi connectivity index (χ4v) is 2.24. The summed E-state index contributed by atoms with van der Waals surface area (Å²) in [5.74, 6) is 0.600. The van der Waals surface area contributed by atoms with Gasteiger partial charge in [-0.2, -0.15) is 0 Å². The van der Waals surface area contributed by atoms with Crippen LogP contribution in [0.15, 0.2) is 35.9 Å². The molecule has 88 valence electrons. The number of rotatable bonds is 3. The molecule has 1 nitrogen and oxygen atoms in total. The fourth-order valence-electron chi connectivity index (χ4n) is 2.24. The van der Waals surface area contributed by atoms with Crippen LogP contribution in [0.4, 0.5) is 0 Å². The Labute approximate surface area is 104 Å². The monoisotopic (exact) mass is 237 g/mol. The fraction of sp³-hybridized carbons (Fsp3) is 0.429. The van der Waals surface area contributed by atoms with Crippen molar-refractivity contribution in [3.05, 3.63) is 41.5 Å². The highest BCUT2D eigenvalue weighted by Gasteiger charge is 2.49. The van der Waals surface area contributed by atoms with Gasteiger partial charge in [0.15, 0.2) is 0 Å². The molecule has 0 radical (unpaired) electrons. The van der Waals surface area contributed by atoms with Crippen LogP contribution in [-0.4, -0.2) is 5.54 Å². The molecule has 2 atom stereocenters. The summed E-state index contributed by atoms with van der Waals surface area (Å²) in [6, 6.07) is 10.5. The van der Waals surface area contributed by atoms with Gasteiger partial charge in [-0.25, -0.2) is 0 Å². The number of halogens is 1. The predicted octanol–water partition coefficient (Wildman–Crippen LogP) is 3.64. The van der Waals surface area contributed by atoms with Gasteiger partial charge in [-0.3, -0.25) is 0 Å². The van der Waals surface area contributed by atoms with Crippen LogP contribution in [0.2, 0.25) is 0 Å². The van der Waals surface area contributed by atoms with Gasteiger partial charge in [0.25, 0.3) is 0 Å². The van der Waals surface area contributed by atoms with E-state index in [0.29, 0.717) is 5.92 Å². The van der Waals surface area contributed by atoms with Crippen LogP contribution >= 0.6 is 12.4 Å². The molecular formula is C14H20ClN. The number of hydrogen-bond donors (Lipinski definition) is 1. The maximum absolute atomic E-state index is 6.20. The van der Waals surface area contributed by atoms with Crippen LogP contribution in [0.3, 0.4) is 0 Å². The Morgan fingerprint density at radius 3 is 2.56 bits per heavy atom. The van der Waals surface area contributed by atoms with Crippen LogP contribution in [0.1, 0.15) is 32.3 Å². The highest BCUT2D eigenvalue weighted by atomic mass is 35.5. The van der Waals surface area contributed by atoms with Gasteiger partial charge in [0.1, 0.15) is 0 Å². The first-order valence-electron chi connectivity index (χ1n) is 5.68. The molecule has 1 aliphatic rings. The third-order valence-corrected chi connectivity index (χ3v) is 3.52. The molecule has 0 spiro atoms. The van der Waals surface area contributed by atoms with Crippen molar-refractivity contribution in [3.63, 3.8) is 0 Å². The third kappa shape index (κ3) is 2.66. The van der Waals surface area contributed by atoms with Gasteiger partial charge in [0.05, 0.1) is 0 Å². The van der Waals surface area contributed by atoms with Crippen molar-refractivity contribution in [2.45, 2.75) is 32.2 Å². The van der Waals surface area contributed by atoms with E-state index in [1.807, 2.05) is 6.07 Å². The lowest BCUT2D eigenvalue weighted by Gasteiger charge is -2.07. The van der Waals surface area contributed by atoms with Gasteiger partial charge in [-0.15, -0.1) is 12.4 Å². The molecule has 0 saturated heterocycles. The Kier molecular flexibility index (Phi) is 4.17. The Balaban J connectivity index is 0.00000128.